The van der Waals surface area contributed by atoms with Gasteiger partial charge in [-0.25, -0.2) is 5.48 Å². The average Bonchev–Trinajstić information content (AvgIpc) is 2.55. The van der Waals surface area contributed by atoms with Crippen molar-refractivity contribution in [2.24, 2.45) is 5.92 Å². The van der Waals surface area contributed by atoms with Gasteiger partial charge >= 0.3 is 0 Å². The maximum absolute atomic E-state index is 10.8. The minimum atomic E-state index is 0.0434. The van der Waals surface area contributed by atoms with Crippen LogP contribution in [0.15, 0.2) is 0 Å². The predicted molar refractivity (Wildman–Crippen MR) is 39.6 cm³/mol. The van der Waals surface area contributed by atoms with Gasteiger partial charge in [0.25, 0.3) is 0 Å². The minimum absolute atomic E-state index is 0.0434. The summed E-state index contributed by atoms with van der Waals surface area (Å²) in [5, 5.41) is 0. The van der Waals surface area contributed by atoms with E-state index in [1.807, 2.05) is 0 Å². The van der Waals surface area contributed by atoms with E-state index in [9.17, 15) is 4.79 Å². The van der Waals surface area contributed by atoms with E-state index in [0.717, 1.165) is 0 Å². The second-order valence-corrected chi connectivity index (χ2v) is 3.43. The molecule has 0 aromatic rings. The summed E-state index contributed by atoms with van der Waals surface area (Å²) in [7, 11) is 0. The lowest BCUT2D eigenvalue weighted by atomic mass is 9.99. The standard InChI is InChI=1S/C8H13NO2/c10-8-5-7(11-9-8)6-3-1-2-4-6/h6-7H,1-5H2,(H,9,10). The Labute approximate surface area is 66.1 Å². The molecule has 1 aliphatic carbocycles. The topological polar surface area (TPSA) is 38.3 Å². The lowest BCUT2D eigenvalue weighted by molar-refractivity contribution is -0.124. The molecule has 62 valence electrons. The number of carbonyl (C=O) groups excluding carboxylic acids is 1. The smallest absolute Gasteiger partial charge is 0.246 e. The largest absolute Gasteiger partial charge is 0.273 e. The van der Waals surface area contributed by atoms with E-state index < -0.39 is 0 Å². The number of hydrogen-bond acceptors (Lipinski definition) is 2. The molecule has 1 amide bonds. The molecule has 2 fully saturated rings. The third kappa shape index (κ3) is 1.38. The van der Waals surface area contributed by atoms with Gasteiger partial charge in [0.1, 0.15) is 0 Å². The molecule has 1 saturated carbocycles. The fraction of sp³-hybridized carbons (Fsp3) is 0.875. The second-order valence-electron chi connectivity index (χ2n) is 3.43. The van der Waals surface area contributed by atoms with E-state index in [-0.39, 0.29) is 12.0 Å². The Bertz CT molecular complexity index is 163. The van der Waals surface area contributed by atoms with Crippen LogP contribution in [0.25, 0.3) is 0 Å². The van der Waals surface area contributed by atoms with E-state index >= 15 is 0 Å². The molecular formula is C8H13NO2. The Morgan fingerprint density at radius 1 is 1.36 bits per heavy atom. The van der Waals surface area contributed by atoms with E-state index in [2.05, 4.69) is 5.48 Å². The molecule has 1 unspecified atom stereocenters. The van der Waals surface area contributed by atoms with Crippen molar-refractivity contribution in [3.63, 3.8) is 0 Å². The van der Waals surface area contributed by atoms with Crippen molar-refractivity contribution in [1.82, 2.24) is 5.48 Å². The summed E-state index contributed by atoms with van der Waals surface area (Å²) in [5.41, 5.74) is 2.41. The maximum Gasteiger partial charge on any atom is 0.246 e. The molecule has 11 heavy (non-hydrogen) atoms. The highest BCUT2D eigenvalue weighted by Crippen LogP contribution is 2.31. The average molecular weight is 155 g/mol. The van der Waals surface area contributed by atoms with Crippen LogP contribution in [0, 0.1) is 5.92 Å². The van der Waals surface area contributed by atoms with Gasteiger partial charge in [-0.3, -0.25) is 9.63 Å². The highest BCUT2D eigenvalue weighted by Gasteiger charge is 2.32. The lowest BCUT2D eigenvalue weighted by Gasteiger charge is -2.13. The van der Waals surface area contributed by atoms with Gasteiger partial charge in [0, 0.05) is 0 Å². The molecule has 2 rings (SSSR count). The van der Waals surface area contributed by atoms with Crippen LogP contribution in [0.4, 0.5) is 0 Å². The first kappa shape index (κ1) is 7.10. The summed E-state index contributed by atoms with van der Waals surface area (Å²) >= 11 is 0. The Morgan fingerprint density at radius 3 is 2.64 bits per heavy atom. The normalized spacial score (nSPS) is 32.7. The summed E-state index contributed by atoms with van der Waals surface area (Å²) in [4.78, 5) is 15.9. The second kappa shape index (κ2) is 2.81. The summed E-state index contributed by atoms with van der Waals surface area (Å²) in [5.74, 6) is 0.677. The molecule has 1 heterocycles. The van der Waals surface area contributed by atoms with Crippen LogP contribution in [0.1, 0.15) is 32.1 Å². The van der Waals surface area contributed by atoms with Crippen molar-refractivity contribution in [3.8, 4) is 0 Å². The van der Waals surface area contributed by atoms with Crippen LogP contribution in [0.2, 0.25) is 0 Å². The fourth-order valence-corrected chi connectivity index (χ4v) is 2.00. The molecule has 3 heteroatoms. The highest BCUT2D eigenvalue weighted by atomic mass is 16.7. The Kier molecular flexibility index (Phi) is 1.82. The van der Waals surface area contributed by atoms with Gasteiger partial charge in [-0.2, -0.15) is 0 Å². The molecule has 1 atom stereocenters. The molecule has 0 spiro atoms. The van der Waals surface area contributed by atoms with Crippen molar-refractivity contribution >= 4 is 5.91 Å². The quantitative estimate of drug-likeness (QED) is 0.613. The van der Waals surface area contributed by atoms with E-state index in [1.165, 1.54) is 25.7 Å². The van der Waals surface area contributed by atoms with Gasteiger partial charge in [-0.05, 0) is 18.8 Å². The monoisotopic (exact) mass is 155 g/mol. The first-order valence-electron chi connectivity index (χ1n) is 4.31. The summed E-state index contributed by atoms with van der Waals surface area (Å²) in [6.07, 6.45) is 5.83. The van der Waals surface area contributed by atoms with Crippen LogP contribution in [-0.2, 0) is 9.63 Å². The number of amides is 1. The molecule has 2 aliphatic rings. The number of carbonyl (C=O) groups is 1. The molecule has 1 aliphatic heterocycles. The van der Waals surface area contributed by atoms with Crippen molar-refractivity contribution in [3.05, 3.63) is 0 Å². The summed E-state index contributed by atoms with van der Waals surface area (Å²) in [6, 6.07) is 0. The molecule has 0 bridgehead atoms. The summed E-state index contributed by atoms with van der Waals surface area (Å²) < 4.78 is 0. The van der Waals surface area contributed by atoms with Crippen LogP contribution >= 0.6 is 0 Å². The first-order valence-corrected chi connectivity index (χ1v) is 4.31. The van der Waals surface area contributed by atoms with E-state index in [1.54, 1.807) is 0 Å². The zero-order valence-corrected chi connectivity index (χ0v) is 6.51. The van der Waals surface area contributed by atoms with E-state index in [0.29, 0.717) is 12.3 Å². The van der Waals surface area contributed by atoms with Gasteiger partial charge in [0.15, 0.2) is 0 Å². The Morgan fingerprint density at radius 2 is 2.09 bits per heavy atom. The van der Waals surface area contributed by atoms with Gasteiger partial charge in [0.05, 0.1) is 12.5 Å². The third-order valence-corrected chi connectivity index (χ3v) is 2.64. The highest BCUT2D eigenvalue weighted by molar-refractivity contribution is 5.76. The predicted octanol–water partition coefficient (Wildman–Crippen LogP) is 0.997. The van der Waals surface area contributed by atoms with Crippen LogP contribution in [-0.4, -0.2) is 12.0 Å². The van der Waals surface area contributed by atoms with Gasteiger partial charge in [0.2, 0.25) is 5.91 Å². The van der Waals surface area contributed by atoms with Crippen molar-refractivity contribution < 1.29 is 9.63 Å². The SMILES string of the molecule is O=C1CC(C2CCCC2)ON1. The Hall–Kier alpha value is -0.570. The number of rotatable bonds is 1. The van der Waals surface area contributed by atoms with Gasteiger partial charge < -0.3 is 0 Å². The summed E-state index contributed by atoms with van der Waals surface area (Å²) in [6.45, 7) is 0. The van der Waals surface area contributed by atoms with E-state index in [4.69, 9.17) is 4.84 Å². The van der Waals surface area contributed by atoms with Gasteiger partial charge in [-0.15, -0.1) is 0 Å². The minimum Gasteiger partial charge on any atom is -0.273 e. The molecule has 1 N–H and O–H groups in total. The molecular weight excluding hydrogens is 142 g/mol. The third-order valence-electron chi connectivity index (χ3n) is 2.64. The van der Waals surface area contributed by atoms with Crippen LogP contribution in [0.5, 0.6) is 0 Å². The number of hydrogen-bond donors (Lipinski definition) is 1. The fourth-order valence-electron chi connectivity index (χ4n) is 2.00. The van der Waals surface area contributed by atoms with Crippen molar-refractivity contribution in [2.45, 2.75) is 38.2 Å². The number of nitrogens with one attached hydrogen (secondary N) is 1. The Balaban J connectivity index is 1.90. The molecule has 0 radical (unpaired) electrons. The van der Waals surface area contributed by atoms with Gasteiger partial charge in [-0.1, -0.05) is 12.8 Å². The molecule has 1 saturated heterocycles. The van der Waals surface area contributed by atoms with Crippen molar-refractivity contribution in [1.29, 1.82) is 0 Å². The van der Waals surface area contributed by atoms with Crippen LogP contribution < -0.4 is 5.48 Å². The lowest BCUT2D eigenvalue weighted by Crippen LogP contribution is -2.18. The number of hydroxylamine groups is 1. The molecule has 0 aromatic heterocycles. The van der Waals surface area contributed by atoms with Crippen LogP contribution in [0.3, 0.4) is 0 Å². The zero-order chi connectivity index (χ0) is 7.68. The maximum atomic E-state index is 10.8. The van der Waals surface area contributed by atoms with Crippen molar-refractivity contribution in [2.75, 3.05) is 0 Å². The molecule has 0 aromatic carbocycles. The molecule has 3 nitrogen and oxygen atoms in total. The first-order chi connectivity index (χ1) is 5.36. The zero-order valence-electron chi connectivity index (χ0n) is 6.51.